The Morgan fingerprint density at radius 2 is 2.62 bits per heavy atom. The molecule has 1 aromatic rings. The molecule has 0 saturated heterocycles. The van der Waals surface area contributed by atoms with Crippen LogP contribution in [0.25, 0.3) is 0 Å². The third-order valence-corrected chi connectivity index (χ3v) is 2.61. The van der Waals surface area contributed by atoms with Gasteiger partial charge in [-0.1, -0.05) is 6.08 Å². The fraction of sp³-hybridized carbons (Fsp3) is 0.333. The van der Waals surface area contributed by atoms with E-state index in [1.54, 1.807) is 12.4 Å². The van der Waals surface area contributed by atoms with E-state index in [0.29, 0.717) is 6.42 Å². The second-order valence-electron chi connectivity index (χ2n) is 3.08. The molecule has 4 heteroatoms. The molecule has 0 aliphatic carbocycles. The Morgan fingerprint density at radius 1 is 1.92 bits per heavy atom. The lowest BCUT2D eigenvalue weighted by atomic mass is 9.86. The molecule has 1 aromatic heterocycles. The van der Waals surface area contributed by atoms with Crippen molar-refractivity contribution < 1.29 is 9.90 Å². The van der Waals surface area contributed by atoms with E-state index in [1.165, 1.54) is 17.4 Å². The van der Waals surface area contributed by atoms with Gasteiger partial charge in [0.2, 0.25) is 0 Å². The van der Waals surface area contributed by atoms with Crippen LogP contribution in [0.1, 0.15) is 12.6 Å². The van der Waals surface area contributed by atoms with Crippen molar-refractivity contribution in [1.82, 2.24) is 4.98 Å². The van der Waals surface area contributed by atoms with Crippen LogP contribution in [0, 0.1) is 5.41 Å². The normalized spacial score (nSPS) is 14.8. The van der Waals surface area contributed by atoms with Crippen molar-refractivity contribution in [3.63, 3.8) is 0 Å². The molecule has 1 atom stereocenters. The molecular formula is C9H11NO2S. The minimum atomic E-state index is -0.909. The van der Waals surface area contributed by atoms with Gasteiger partial charge in [0.1, 0.15) is 0 Å². The molecule has 0 aromatic carbocycles. The van der Waals surface area contributed by atoms with E-state index in [0.717, 1.165) is 5.69 Å². The summed E-state index contributed by atoms with van der Waals surface area (Å²) < 4.78 is 0. The first-order chi connectivity index (χ1) is 6.08. The highest BCUT2D eigenvalue weighted by molar-refractivity contribution is 7.07. The topological polar surface area (TPSA) is 50.2 Å². The van der Waals surface area contributed by atoms with E-state index < -0.39 is 11.4 Å². The number of nitrogens with zero attached hydrogens (tertiary/aromatic N) is 1. The molecular weight excluding hydrogens is 186 g/mol. The summed E-state index contributed by atoms with van der Waals surface area (Å²) in [7, 11) is 0. The second-order valence-corrected chi connectivity index (χ2v) is 3.80. The monoisotopic (exact) mass is 197 g/mol. The van der Waals surface area contributed by atoms with Crippen LogP contribution < -0.4 is 0 Å². The zero-order valence-electron chi connectivity index (χ0n) is 7.36. The van der Waals surface area contributed by atoms with E-state index in [2.05, 4.69) is 11.6 Å². The maximum absolute atomic E-state index is 10.9. The lowest BCUT2D eigenvalue weighted by molar-refractivity contribution is -0.145. The van der Waals surface area contributed by atoms with Gasteiger partial charge in [-0.2, -0.15) is 0 Å². The summed E-state index contributed by atoms with van der Waals surface area (Å²) in [5, 5.41) is 10.8. The molecule has 13 heavy (non-hydrogen) atoms. The number of hydrogen-bond acceptors (Lipinski definition) is 3. The van der Waals surface area contributed by atoms with Crippen LogP contribution in [-0.2, 0) is 11.2 Å². The van der Waals surface area contributed by atoms with Crippen molar-refractivity contribution in [2.45, 2.75) is 13.3 Å². The van der Waals surface area contributed by atoms with Crippen molar-refractivity contribution in [3.05, 3.63) is 29.2 Å². The zero-order chi connectivity index (χ0) is 9.90. The van der Waals surface area contributed by atoms with Gasteiger partial charge in [0, 0.05) is 11.8 Å². The minimum Gasteiger partial charge on any atom is -0.481 e. The molecule has 1 heterocycles. The standard InChI is InChI=1S/C9H11NO2S/c1-3-9(2,8(11)12)4-7-5-13-6-10-7/h3,5-6H,1,4H2,2H3,(H,11,12). The molecule has 1 unspecified atom stereocenters. The van der Waals surface area contributed by atoms with Gasteiger partial charge in [0.05, 0.1) is 16.6 Å². The summed E-state index contributed by atoms with van der Waals surface area (Å²) in [5.41, 5.74) is 1.59. The summed E-state index contributed by atoms with van der Waals surface area (Å²) in [6.07, 6.45) is 1.85. The summed E-state index contributed by atoms with van der Waals surface area (Å²) in [6.45, 7) is 5.17. The minimum absolute atomic E-state index is 0.398. The van der Waals surface area contributed by atoms with Crippen molar-refractivity contribution in [2.24, 2.45) is 5.41 Å². The Labute approximate surface area is 80.7 Å². The highest BCUT2D eigenvalue weighted by Gasteiger charge is 2.30. The van der Waals surface area contributed by atoms with E-state index in [4.69, 9.17) is 5.11 Å². The van der Waals surface area contributed by atoms with Crippen molar-refractivity contribution in [1.29, 1.82) is 0 Å². The van der Waals surface area contributed by atoms with Gasteiger partial charge in [0.15, 0.2) is 0 Å². The Hall–Kier alpha value is -1.16. The average molecular weight is 197 g/mol. The van der Waals surface area contributed by atoms with Crippen LogP contribution in [0.2, 0.25) is 0 Å². The van der Waals surface area contributed by atoms with E-state index in [9.17, 15) is 4.79 Å². The SMILES string of the molecule is C=CC(C)(Cc1cscn1)C(=O)O. The predicted octanol–water partition coefficient (Wildman–Crippen LogP) is 1.96. The van der Waals surface area contributed by atoms with Gasteiger partial charge in [-0.3, -0.25) is 4.79 Å². The number of aliphatic carboxylic acids is 1. The molecule has 0 aliphatic rings. The highest BCUT2D eigenvalue weighted by Crippen LogP contribution is 2.23. The van der Waals surface area contributed by atoms with Gasteiger partial charge < -0.3 is 5.11 Å². The van der Waals surface area contributed by atoms with Crippen LogP contribution in [-0.4, -0.2) is 16.1 Å². The van der Waals surface area contributed by atoms with Gasteiger partial charge in [0.25, 0.3) is 0 Å². The lowest BCUT2D eigenvalue weighted by Gasteiger charge is -2.18. The molecule has 0 bridgehead atoms. The molecule has 0 fully saturated rings. The third kappa shape index (κ3) is 2.15. The highest BCUT2D eigenvalue weighted by atomic mass is 32.1. The predicted molar refractivity (Wildman–Crippen MR) is 51.8 cm³/mol. The maximum Gasteiger partial charge on any atom is 0.313 e. The maximum atomic E-state index is 10.9. The summed E-state index contributed by atoms with van der Waals surface area (Å²) in [4.78, 5) is 14.9. The van der Waals surface area contributed by atoms with Gasteiger partial charge in [-0.15, -0.1) is 17.9 Å². The number of rotatable bonds is 4. The quantitative estimate of drug-likeness (QED) is 0.751. The molecule has 0 aliphatic heterocycles. The first kappa shape index (κ1) is 9.92. The lowest BCUT2D eigenvalue weighted by Crippen LogP contribution is -2.27. The van der Waals surface area contributed by atoms with Gasteiger partial charge >= 0.3 is 5.97 Å². The molecule has 1 rings (SSSR count). The second kappa shape index (κ2) is 3.70. The smallest absolute Gasteiger partial charge is 0.313 e. The summed E-state index contributed by atoms with van der Waals surface area (Å²) >= 11 is 1.46. The van der Waals surface area contributed by atoms with E-state index in [1.807, 2.05) is 5.38 Å². The first-order valence-corrected chi connectivity index (χ1v) is 4.77. The fourth-order valence-corrected chi connectivity index (χ4v) is 1.49. The van der Waals surface area contributed by atoms with Crippen LogP contribution in [0.5, 0.6) is 0 Å². The Morgan fingerprint density at radius 3 is 3.00 bits per heavy atom. The Balaban J connectivity index is 2.81. The van der Waals surface area contributed by atoms with E-state index >= 15 is 0 Å². The largest absolute Gasteiger partial charge is 0.481 e. The number of thiazole rings is 1. The van der Waals surface area contributed by atoms with E-state index in [-0.39, 0.29) is 0 Å². The molecule has 3 nitrogen and oxygen atoms in total. The number of hydrogen-bond donors (Lipinski definition) is 1. The Bertz CT molecular complexity index is 307. The molecule has 0 spiro atoms. The zero-order valence-corrected chi connectivity index (χ0v) is 8.17. The van der Waals surface area contributed by atoms with Crippen molar-refractivity contribution in [3.8, 4) is 0 Å². The first-order valence-electron chi connectivity index (χ1n) is 3.82. The van der Waals surface area contributed by atoms with Gasteiger partial charge in [-0.05, 0) is 6.92 Å². The van der Waals surface area contributed by atoms with Crippen LogP contribution in [0.3, 0.4) is 0 Å². The number of aromatic nitrogens is 1. The molecule has 1 N–H and O–H groups in total. The molecule has 70 valence electrons. The average Bonchev–Trinajstić information content (AvgIpc) is 2.56. The molecule has 0 radical (unpaired) electrons. The Kier molecular flexibility index (Phi) is 2.83. The number of carboxylic acid groups (broad SMARTS) is 1. The van der Waals surface area contributed by atoms with Crippen LogP contribution >= 0.6 is 11.3 Å². The fourth-order valence-electron chi connectivity index (χ4n) is 0.936. The van der Waals surface area contributed by atoms with Gasteiger partial charge in [-0.25, -0.2) is 4.98 Å². The molecule has 0 saturated carbocycles. The van der Waals surface area contributed by atoms with Crippen LogP contribution in [0.15, 0.2) is 23.5 Å². The number of carboxylic acids is 1. The van der Waals surface area contributed by atoms with Crippen molar-refractivity contribution in [2.75, 3.05) is 0 Å². The number of carbonyl (C=O) groups is 1. The van der Waals surface area contributed by atoms with Crippen molar-refractivity contribution >= 4 is 17.3 Å². The third-order valence-electron chi connectivity index (χ3n) is 1.97. The summed E-state index contributed by atoms with van der Waals surface area (Å²) in [6, 6.07) is 0. The summed E-state index contributed by atoms with van der Waals surface area (Å²) in [5.74, 6) is -0.865. The molecule has 0 amide bonds. The van der Waals surface area contributed by atoms with Crippen LogP contribution in [0.4, 0.5) is 0 Å².